The van der Waals surface area contributed by atoms with E-state index in [0.717, 1.165) is 18.4 Å². The third kappa shape index (κ3) is 2.42. The first kappa shape index (κ1) is 11.0. The Balaban J connectivity index is 1.77. The molecule has 94 valence electrons. The van der Waals surface area contributed by atoms with Crippen molar-refractivity contribution < 1.29 is 4.39 Å². The second kappa shape index (κ2) is 4.29. The molecule has 0 amide bonds. The van der Waals surface area contributed by atoms with Crippen LogP contribution in [0.25, 0.3) is 0 Å². The van der Waals surface area contributed by atoms with E-state index >= 15 is 0 Å². The number of anilines is 2. The molecule has 1 aliphatic carbocycles. The van der Waals surface area contributed by atoms with Gasteiger partial charge >= 0.3 is 0 Å². The van der Waals surface area contributed by atoms with E-state index < -0.39 is 0 Å². The van der Waals surface area contributed by atoms with Gasteiger partial charge < -0.3 is 11.1 Å². The fourth-order valence-corrected chi connectivity index (χ4v) is 1.75. The topological polar surface area (TPSA) is 68.8 Å². The molecule has 1 aromatic carbocycles. The van der Waals surface area contributed by atoms with E-state index in [9.17, 15) is 4.39 Å². The van der Waals surface area contributed by atoms with Gasteiger partial charge in [-0.3, -0.25) is 0 Å². The van der Waals surface area contributed by atoms with E-state index in [1.165, 1.54) is 12.1 Å². The molecular weight excluding hydrogens is 233 g/mol. The molecule has 0 bridgehead atoms. The Morgan fingerprint density at radius 1 is 1.44 bits per heavy atom. The van der Waals surface area contributed by atoms with Crippen LogP contribution in [0.15, 0.2) is 24.3 Å². The second-order valence-corrected chi connectivity index (χ2v) is 4.50. The normalized spacial score (nSPS) is 14.7. The number of nitrogens with two attached hydrogens (primary N) is 1. The van der Waals surface area contributed by atoms with Crippen molar-refractivity contribution in [2.24, 2.45) is 0 Å². The third-order valence-electron chi connectivity index (χ3n) is 2.83. The largest absolute Gasteiger partial charge is 0.368 e. The summed E-state index contributed by atoms with van der Waals surface area (Å²) in [6.45, 7) is 0.420. The van der Waals surface area contributed by atoms with Crippen molar-refractivity contribution >= 4 is 11.9 Å². The maximum absolute atomic E-state index is 13.1. The van der Waals surface area contributed by atoms with Crippen LogP contribution < -0.4 is 11.1 Å². The van der Waals surface area contributed by atoms with Crippen molar-refractivity contribution in [3.8, 4) is 0 Å². The lowest BCUT2D eigenvalue weighted by Crippen LogP contribution is -2.07. The van der Waals surface area contributed by atoms with Gasteiger partial charge in [0.1, 0.15) is 5.82 Å². The molecule has 0 aliphatic heterocycles. The highest BCUT2D eigenvalue weighted by Crippen LogP contribution is 2.23. The number of aromatic nitrogens is 3. The molecule has 0 atom stereocenters. The van der Waals surface area contributed by atoms with Crippen LogP contribution in [0.1, 0.15) is 18.4 Å². The number of hydrogen-bond donors (Lipinski definition) is 2. The molecule has 3 rings (SSSR count). The van der Waals surface area contributed by atoms with Crippen LogP contribution in [-0.2, 0) is 6.54 Å². The van der Waals surface area contributed by atoms with Gasteiger partial charge in [0, 0.05) is 6.04 Å². The minimum atomic E-state index is -0.262. The number of halogens is 1. The summed E-state index contributed by atoms with van der Waals surface area (Å²) in [6.07, 6.45) is 2.30. The highest BCUT2D eigenvalue weighted by atomic mass is 19.1. The molecule has 2 aromatic rings. The van der Waals surface area contributed by atoms with Gasteiger partial charge in [-0.05, 0) is 30.5 Å². The Morgan fingerprint density at radius 2 is 2.28 bits per heavy atom. The second-order valence-electron chi connectivity index (χ2n) is 4.50. The molecule has 6 heteroatoms. The Labute approximate surface area is 104 Å². The number of nitrogen functional groups attached to an aromatic ring is 1. The minimum Gasteiger partial charge on any atom is -0.368 e. The third-order valence-corrected chi connectivity index (χ3v) is 2.83. The maximum atomic E-state index is 13.1. The van der Waals surface area contributed by atoms with Crippen LogP contribution in [0, 0.1) is 5.82 Å². The molecular formula is C12H14FN5. The van der Waals surface area contributed by atoms with Crippen molar-refractivity contribution in [2.75, 3.05) is 11.1 Å². The quantitative estimate of drug-likeness (QED) is 0.861. The summed E-state index contributed by atoms with van der Waals surface area (Å²) in [5.74, 6) is 0.622. The number of hydrogen-bond acceptors (Lipinski definition) is 4. The lowest BCUT2D eigenvalue weighted by atomic mass is 10.2. The molecule has 0 saturated heterocycles. The van der Waals surface area contributed by atoms with Crippen molar-refractivity contribution in [2.45, 2.75) is 25.4 Å². The fourth-order valence-electron chi connectivity index (χ4n) is 1.75. The molecule has 1 heterocycles. The average molecular weight is 247 g/mol. The van der Waals surface area contributed by atoms with Crippen LogP contribution in [0.2, 0.25) is 0 Å². The van der Waals surface area contributed by atoms with Gasteiger partial charge in [-0.25, -0.2) is 9.07 Å². The Hall–Kier alpha value is -2.11. The maximum Gasteiger partial charge on any atom is 0.244 e. The van der Waals surface area contributed by atoms with Crippen molar-refractivity contribution in [3.05, 3.63) is 35.6 Å². The summed E-state index contributed by atoms with van der Waals surface area (Å²) in [4.78, 5) is 4.13. The Morgan fingerprint density at radius 3 is 3.00 bits per heavy atom. The lowest BCUT2D eigenvalue weighted by Gasteiger charge is -2.02. The number of nitrogens with zero attached hydrogens (tertiary/aromatic N) is 3. The van der Waals surface area contributed by atoms with Gasteiger partial charge in [-0.1, -0.05) is 12.1 Å². The van der Waals surface area contributed by atoms with Gasteiger partial charge in [-0.15, -0.1) is 5.10 Å². The number of benzene rings is 1. The Kier molecular flexibility index (Phi) is 2.62. The molecule has 1 fully saturated rings. The van der Waals surface area contributed by atoms with E-state index in [0.29, 0.717) is 24.5 Å². The molecule has 0 unspecified atom stereocenters. The van der Waals surface area contributed by atoms with E-state index in [1.54, 1.807) is 10.7 Å². The van der Waals surface area contributed by atoms with Gasteiger partial charge in [0.05, 0.1) is 6.54 Å². The molecule has 1 aliphatic rings. The van der Waals surface area contributed by atoms with E-state index in [4.69, 9.17) is 5.73 Å². The van der Waals surface area contributed by atoms with Crippen LogP contribution in [0.5, 0.6) is 0 Å². The predicted molar refractivity (Wildman–Crippen MR) is 66.6 cm³/mol. The van der Waals surface area contributed by atoms with Crippen molar-refractivity contribution in [1.29, 1.82) is 0 Å². The SMILES string of the molecule is Nc1nc(NC2CC2)nn1Cc1cccc(F)c1. The first-order valence-corrected chi connectivity index (χ1v) is 5.92. The summed E-state index contributed by atoms with van der Waals surface area (Å²) < 4.78 is 14.6. The van der Waals surface area contributed by atoms with Crippen molar-refractivity contribution in [1.82, 2.24) is 14.8 Å². The summed E-state index contributed by atoms with van der Waals surface area (Å²) in [6, 6.07) is 6.86. The molecule has 1 aromatic heterocycles. The van der Waals surface area contributed by atoms with E-state index in [2.05, 4.69) is 15.4 Å². The van der Waals surface area contributed by atoms with Crippen molar-refractivity contribution in [3.63, 3.8) is 0 Å². The van der Waals surface area contributed by atoms with Gasteiger partial charge in [0.25, 0.3) is 0 Å². The first-order valence-electron chi connectivity index (χ1n) is 5.92. The van der Waals surface area contributed by atoms with E-state index in [1.807, 2.05) is 6.07 Å². The molecule has 0 radical (unpaired) electrons. The Bertz CT molecular complexity index is 561. The first-order chi connectivity index (χ1) is 8.70. The summed E-state index contributed by atoms with van der Waals surface area (Å²) in [7, 11) is 0. The van der Waals surface area contributed by atoms with Crippen LogP contribution in [0.4, 0.5) is 16.3 Å². The average Bonchev–Trinajstić information content (AvgIpc) is 3.05. The standard InChI is InChI=1S/C12H14FN5/c13-9-3-1-2-8(6-9)7-18-11(14)16-12(17-18)15-10-4-5-10/h1-3,6,10H,4-5,7H2,(H3,14,15,16,17). The van der Waals surface area contributed by atoms with Gasteiger partial charge in [0.15, 0.2) is 0 Å². The van der Waals surface area contributed by atoms with Crippen LogP contribution >= 0.6 is 0 Å². The molecule has 18 heavy (non-hydrogen) atoms. The molecule has 5 nitrogen and oxygen atoms in total. The molecule has 3 N–H and O–H groups in total. The summed E-state index contributed by atoms with van der Waals surface area (Å²) in [5, 5.41) is 7.44. The zero-order chi connectivity index (χ0) is 12.5. The predicted octanol–water partition coefficient (Wildman–Crippen LogP) is 1.62. The summed E-state index contributed by atoms with van der Waals surface area (Å²) >= 11 is 0. The van der Waals surface area contributed by atoms with E-state index in [-0.39, 0.29) is 5.82 Å². The monoisotopic (exact) mass is 247 g/mol. The zero-order valence-electron chi connectivity index (χ0n) is 9.81. The summed E-state index contributed by atoms with van der Waals surface area (Å²) in [5.41, 5.74) is 6.59. The molecule has 0 spiro atoms. The highest BCUT2D eigenvalue weighted by Gasteiger charge is 2.22. The lowest BCUT2D eigenvalue weighted by molar-refractivity contribution is 0.620. The molecule has 1 saturated carbocycles. The van der Waals surface area contributed by atoms with Gasteiger partial charge in [0.2, 0.25) is 11.9 Å². The minimum absolute atomic E-state index is 0.262. The zero-order valence-corrected chi connectivity index (χ0v) is 9.81. The number of nitrogens with one attached hydrogen (secondary N) is 1. The van der Waals surface area contributed by atoms with Crippen LogP contribution in [-0.4, -0.2) is 20.8 Å². The van der Waals surface area contributed by atoms with Crippen LogP contribution in [0.3, 0.4) is 0 Å². The number of rotatable bonds is 4. The van der Waals surface area contributed by atoms with Gasteiger partial charge in [-0.2, -0.15) is 4.98 Å². The highest BCUT2D eigenvalue weighted by molar-refractivity contribution is 5.34. The fraction of sp³-hybridized carbons (Fsp3) is 0.333. The smallest absolute Gasteiger partial charge is 0.244 e.